The second kappa shape index (κ2) is 12.6. The number of thiophene rings is 1. The molecule has 6 rings (SSSR count). The number of aromatic nitrogens is 1. The molecule has 0 radical (unpaired) electrons. The van der Waals surface area contributed by atoms with E-state index in [-0.39, 0.29) is 35.6 Å². The van der Waals surface area contributed by atoms with Gasteiger partial charge in [-0.1, -0.05) is 25.4 Å². The molecule has 2 atom stereocenters. The number of halogens is 4. The number of carboxylic acids is 1. The first kappa shape index (κ1) is 32.4. The molecule has 0 spiro atoms. The average molecular weight is 639 g/mol. The first-order valence-corrected chi connectivity index (χ1v) is 14.6. The fraction of sp³-hybridized carbons (Fsp3) is 0.414. The maximum absolute atomic E-state index is 12.7. The molecule has 3 amide bonds. The van der Waals surface area contributed by atoms with E-state index in [0.29, 0.717) is 17.1 Å². The molecule has 3 fully saturated rings. The number of likely N-dealkylation sites (tertiary alicyclic amines) is 1. The van der Waals surface area contributed by atoms with Crippen molar-refractivity contribution in [3.05, 3.63) is 45.9 Å². The van der Waals surface area contributed by atoms with Crippen LogP contribution in [0.25, 0.3) is 21.3 Å². The monoisotopic (exact) mass is 638 g/mol. The summed E-state index contributed by atoms with van der Waals surface area (Å²) in [7, 11) is 0. The summed E-state index contributed by atoms with van der Waals surface area (Å²) < 4.78 is 32.7. The summed E-state index contributed by atoms with van der Waals surface area (Å²) in [6.45, 7) is 8.60. The van der Waals surface area contributed by atoms with E-state index in [0.717, 1.165) is 31.8 Å². The van der Waals surface area contributed by atoms with Crippen molar-refractivity contribution in [2.75, 3.05) is 18.4 Å². The average Bonchev–Trinajstić information content (AvgIpc) is 3.44. The molecule has 0 bridgehead atoms. The van der Waals surface area contributed by atoms with Crippen molar-refractivity contribution in [1.29, 1.82) is 0 Å². The molecule has 3 aromatic rings. The predicted octanol–water partition coefficient (Wildman–Crippen LogP) is 5.64. The van der Waals surface area contributed by atoms with Crippen LogP contribution in [0.15, 0.2) is 30.5 Å². The first-order valence-electron chi connectivity index (χ1n) is 13.4. The molecule has 3 aliphatic rings. The second-order valence-corrected chi connectivity index (χ2v) is 12.6. The Morgan fingerprint density at radius 3 is 2.30 bits per heavy atom. The molecule has 2 aliphatic heterocycles. The van der Waals surface area contributed by atoms with Crippen LogP contribution in [0.3, 0.4) is 0 Å². The zero-order valence-corrected chi connectivity index (χ0v) is 25.1. The Morgan fingerprint density at radius 1 is 1.19 bits per heavy atom. The number of aryl methyl sites for hydroxylation is 1. The van der Waals surface area contributed by atoms with Gasteiger partial charge in [0.1, 0.15) is 0 Å². The number of aliphatic carboxylic acids is 1. The minimum atomic E-state index is -5.08. The molecule has 2 unspecified atom stereocenters. The van der Waals surface area contributed by atoms with Crippen molar-refractivity contribution < 1.29 is 37.5 Å². The number of carboxylic acid groups (broad SMARTS) is 1. The maximum Gasteiger partial charge on any atom is 0.490 e. The van der Waals surface area contributed by atoms with Crippen LogP contribution < -0.4 is 10.6 Å². The van der Waals surface area contributed by atoms with Crippen LogP contribution in [0.5, 0.6) is 0 Å². The molecule has 4 heterocycles. The van der Waals surface area contributed by atoms with Crippen LogP contribution in [0.4, 0.5) is 18.9 Å². The molecule has 9 nitrogen and oxygen atoms in total. The number of nitrogens with one attached hydrogen (secondary N) is 2. The van der Waals surface area contributed by atoms with E-state index in [1.165, 1.54) is 42.2 Å². The number of imide groups is 1. The Bertz CT molecular complexity index is 1540. The van der Waals surface area contributed by atoms with E-state index in [1.54, 1.807) is 12.3 Å². The molecular weight excluding hydrogens is 609 g/mol. The van der Waals surface area contributed by atoms with Gasteiger partial charge in [-0.15, -0.1) is 11.3 Å². The van der Waals surface area contributed by atoms with Gasteiger partial charge in [0.25, 0.3) is 0 Å². The molecule has 43 heavy (non-hydrogen) atoms. The predicted molar refractivity (Wildman–Crippen MR) is 157 cm³/mol. The van der Waals surface area contributed by atoms with E-state index in [9.17, 15) is 27.6 Å². The third-order valence-electron chi connectivity index (χ3n) is 7.66. The van der Waals surface area contributed by atoms with Gasteiger partial charge in [0.05, 0.1) is 34.3 Å². The van der Waals surface area contributed by atoms with Crippen LogP contribution in [0.2, 0.25) is 5.02 Å². The highest BCUT2D eigenvalue weighted by Gasteiger charge is 2.72. The number of fused-ring (bicyclic) bond motifs is 2. The SMILES string of the molecule is C1CCNC1.Cc1cc(Cl)cc(-c2ccnc3cc(CN4C(=O)C5C(C4=O)C5(C)C)sc23)c1NC=O.O=C(O)C(F)(F)F. The highest BCUT2D eigenvalue weighted by molar-refractivity contribution is 7.19. The van der Waals surface area contributed by atoms with Gasteiger partial charge in [-0.05, 0) is 68.1 Å². The fourth-order valence-corrected chi connectivity index (χ4v) is 6.83. The summed E-state index contributed by atoms with van der Waals surface area (Å²) in [5.41, 5.74) is 3.79. The largest absolute Gasteiger partial charge is 0.490 e. The lowest BCUT2D eigenvalue weighted by atomic mass is 10.0. The summed E-state index contributed by atoms with van der Waals surface area (Å²) in [6, 6.07) is 7.42. The Hall–Kier alpha value is -3.55. The summed E-state index contributed by atoms with van der Waals surface area (Å²) in [5, 5.41) is 13.7. The van der Waals surface area contributed by atoms with E-state index in [1.807, 2.05) is 39.0 Å². The van der Waals surface area contributed by atoms with Gasteiger partial charge in [0, 0.05) is 27.2 Å². The highest BCUT2D eigenvalue weighted by atomic mass is 35.5. The number of pyridine rings is 1. The van der Waals surface area contributed by atoms with Crippen LogP contribution in [0.1, 0.15) is 37.1 Å². The number of hydrogen-bond acceptors (Lipinski definition) is 7. The van der Waals surface area contributed by atoms with Crippen molar-refractivity contribution in [3.63, 3.8) is 0 Å². The summed E-state index contributed by atoms with van der Waals surface area (Å²) in [4.78, 5) is 52.2. The highest BCUT2D eigenvalue weighted by Crippen LogP contribution is 2.63. The zero-order valence-electron chi connectivity index (χ0n) is 23.5. The lowest BCUT2D eigenvalue weighted by molar-refractivity contribution is -0.192. The number of nitrogens with zero attached hydrogens (tertiary/aromatic N) is 2. The standard InChI is InChI=1S/C23H20ClN3O3S.C4H9N.C2HF3O2/c1-11-6-12(24)7-15(19(11)26-10-28)14-4-5-25-16-8-13(31-20(14)16)9-27-21(29)17-18(22(27)30)23(17,2)3;1-2-4-5-3-1;3-2(4,5)1(6)7/h4-8,10,17-18H,9H2,1-3H3,(H,26,28);5H,1-4H2;(H,6,7). The second-order valence-electron chi connectivity index (χ2n) is 11.0. The molecule has 1 aromatic carbocycles. The molecule has 230 valence electrons. The van der Waals surface area contributed by atoms with Crippen LogP contribution in [-0.4, -0.2) is 58.4 Å². The molecule has 2 saturated heterocycles. The van der Waals surface area contributed by atoms with Gasteiger partial charge in [-0.25, -0.2) is 4.79 Å². The Labute approximate surface area is 254 Å². The Morgan fingerprint density at radius 2 is 1.79 bits per heavy atom. The number of piperidine rings is 1. The third-order valence-corrected chi connectivity index (χ3v) is 9.02. The Kier molecular flexibility index (Phi) is 9.48. The summed E-state index contributed by atoms with van der Waals surface area (Å²) in [5.74, 6) is -3.28. The molecule has 2 aromatic heterocycles. The number of carbonyl (C=O) groups is 4. The molecular formula is C29H30ClF3N4O5S. The number of amides is 3. The quantitative estimate of drug-likeness (QED) is 0.244. The van der Waals surface area contributed by atoms with Crippen LogP contribution in [0, 0.1) is 24.2 Å². The zero-order chi connectivity index (χ0) is 31.7. The maximum atomic E-state index is 12.7. The lowest BCUT2D eigenvalue weighted by Gasteiger charge is -2.19. The van der Waals surface area contributed by atoms with Crippen molar-refractivity contribution in [2.45, 2.75) is 46.3 Å². The van der Waals surface area contributed by atoms with Gasteiger partial charge >= 0.3 is 12.1 Å². The normalized spacial score (nSPS) is 20.1. The molecule has 14 heteroatoms. The van der Waals surface area contributed by atoms with E-state index in [4.69, 9.17) is 21.5 Å². The smallest absolute Gasteiger partial charge is 0.475 e. The number of rotatable bonds is 5. The van der Waals surface area contributed by atoms with Gasteiger partial charge in [0.15, 0.2) is 0 Å². The summed E-state index contributed by atoms with van der Waals surface area (Å²) >= 11 is 7.80. The number of carbonyl (C=O) groups excluding carboxylic acids is 3. The van der Waals surface area contributed by atoms with Gasteiger partial charge < -0.3 is 15.7 Å². The van der Waals surface area contributed by atoms with Crippen molar-refractivity contribution in [3.8, 4) is 11.1 Å². The number of benzene rings is 1. The van der Waals surface area contributed by atoms with Gasteiger partial charge in [0.2, 0.25) is 18.2 Å². The van der Waals surface area contributed by atoms with Crippen molar-refractivity contribution >= 4 is 63.0 Å². The summed E-state index contributed by atoms with van der Waals surface area (Å²) in [6.07, 6.45) is 0.0499. The lowest BCUT2D eigenvalue weighted by Crippen LogP contribution is -2.35. The number of anilines is 1. The van der Waals surface area contributed by atoms with Gasteiger partial charge in [-0.2, -0.15) is 13.2 Å². The number of hydrogen-bond donors (Lipinski definition) is 3. The van der Waals surface area contributed by atoms with Crippen molar-refractivity contribution in [2.24, 2.45) is 17.3 Å². The number of alkyl halides is 3. The minimum absolute atomic E-state index is 0.0754. The van der Waals surface area contributed by atoms with E-state index < -0.39 is 12.1 Å². The van der Waals surface area contributed by atoms with E-state index in [2.05, 4.69) is 15.6 Å². The molecule has 1 saturated carbocycles. The van der Waals surface area contributed by atoms with Crippen LogP contribution >= 0.6 is 22.9 Å². The third kappa shape index (κ3) is 6.84. The van der Waals surface area contributed by atoms with Crippen molar-refractivity contribution in [1.82, 2.24) is 15.2 Å². The first-order chi connectivity index (χ1) is 20.2. The topological polar surface area (TPSA) is 129 Å². The van der Waals surface area contributed by atoms with E-state index >= 15 is 0 Å². The molecule has 1 aliphatic carbocycles. The fourth-order valence-electron chi connectivity index (χ4n) is 5.42. The minimum Gasteiger partial charge on any atom is -0.475 e. The van der Waals surface area contributed by atoms with Crippen LogP contribution in [-0.2, 0) is 25.7 Å². The molecule has 3 N–H and O–H groups in total. The Balaban J connectivity index is 0.000000296. The van der Waals surface area contributed by atoms with Gasteiger partial charge in [-0.3, -0.25) is 24.3 Å².